The summed E-state index contributed by atoms with van der Waals surface area (Å²) in [5, 5.41) is 16.9. The lowest BCUT2D eigenvalue weighted by molar-refractivity contribution is -0.118. The molecule has 2 aromatic rings. The van der Waals surface area contributed by atoms with E-state index in [9.17, 15) is 9.90 Å². The number of amides is 1. The van der Waals surface area contributed by atoms with Crippen molar-refractivity contribution in [2.75, 3.05) is 13.6 Å². The highest BCUT2D eigenvalue weighted by atomic mass is 35.5. The van der Waals surface area contributed by atoms with Gasteiger partial charge in [-0.1, -0.05) is 35.8 Å². The van der Waals surface area contributed by atoms with E-state index in [0.717, 1.165) is 23.4 Å². The first kappa shape index (κ1) is 19.7. The minimum Gasteiger partial charge on any atom is -0.505 e. The van der Waals surface area contributed by atoms with Gasteiger partial charge < -0.3 is 15.3 Å². The van der Waals surface area contributed by atoms with Gasteiger partial charge in [-0.05, 0) is 30.5 Å². The molecule has 27 heavy (non-hydrogen) atoms. The zero-order chi connectivity index (χ0) is 19.6. The van der Waals surface area contributed by atoms with Crippen LogP contribution in [0, 0.1) is 0 Å². The van der Waals surface area contributed by atoms with Crippen LogP contribution in [-0.4, -0.2) is 34.5 Å². The van der Waals surface area contributed by atoms with Crippen LogP contribution in [0.4, 0.5) is 0 Å². The molecule has 8 heteroatoms. The van der Waals surface area contributed by atoms with Crippen molar-refractivity contribution in [1.82, 2.24) is 15.2 Å². The second-order valence-electron chi connectivity index (χ2n) is 6.20. The van der Waals surface area contributed by atoms with E-state index in [0.29, 0.717) is 22.3 Å². The first-order chi connectivity index (χ1) is 12.9. The summed E-state index contributed by atoms with van der Waals surface area (Å²) in [7, 11) is 1.79. The molecule has 2 N–H and O–H groups in total. The van der Waals surface area contributed by atoms with Crippen LogP contribution in [0.25, 0.3) is 0 Å². The van der Waals surface area contributed by atoms with Gasteiger partial charge in [-0.15, -0.1) is 11.3 Å². The van der Waals surface area contributed by atoms with Gasteiger partial charge in [-0.3, -0.25) is 4.79 Å². The number of hydrogen-bond donors (Lipinski definition) is 2. The van der Waals surface area contributed by atoms with Crippen LogP contribution in [0.1, 0.15) is 23.0 Å². The molecule has 2 heterocycles. The molecule has 1 atom stereocenters. The van der Waals surface area contributed by atoms with E-state index < -0.39 is 6.04 Å². The lowest BCUT2D eigenvalue weighted by Gasteiger charge is -2.22. The quantitative estimate of drug-likeness (QED) is 0.670. The second kappa shape index (κ2) is 8.33. The van der Waals surface area contributed by atoms with Crippen molar-refractivity contribution in [1.29, 1.82) is 0 Å². The zero-order valence-electron chi connectivity index (χ0n) is 14.7. The maximum Gasteiger partial charge on any atom is 0.253 e. The van der Waals surface area contributed by atoms with Gasteiger partial charge in [-0.2, -0.15) is 0 Å². The molecular weight excluding hydrogens is 405 g/mol. The van der Waals surface area contributed by atoms with Gasteiger partial charge in [0, 0.05) is 25.2 Å². The fourth-order valence-electron chi connectivity index (χ4n) is 2.98. The maximum absolute atomic E-state index is 12.7. The number of thiazole rings is 1. The largest absolute Gasteiger partial charge is 0.505 e. The molecule has 1 aliphatic heterocycles. The highest BCUT2D eigenvalue weighted by Gasteiger charge is 2.39. The fourth-order valence-corrected chi connectivity index (χ4v) is 4.09. The summed E-state index contributed by atoms with van der Waals surface area (Å²) < 4.78 is 0. The molecule has 1 unspecified atom stereocenters. The van der Waals surface area contributed by atoms with Crippen LogP contribution in [0.3, 0.4) is 0 Å². The highest BCUT2D eigenvalue weighted by Crippen LogP contribution is 2.40. The van der Waals surface area contributed by atoms with Gasteiger partial charge in [0.25, 0.3) is 5.91 Å². The Kier molecular flexibility index (Phi) is 6.09. The van der Waals surface area contributed by atoms with Gasteiger partial charge in [0.05, 0.1) is 21.3 Å². The van der Waals surface area contributed by atoms with Crippen molar-refractivity contribution in [2.45, 2.75) is 18.9 Å². The maximum atomic E-state index is 12.7. The predicted molar refractivity (Wildman–Crippen MR) is 109 cm³/mol. The molecule has 142 valence electrons. The average Bonchev–Trinajstić information content (AvgIpc) is 3.24. The third-order valence-electron chi connectivity index (χ3n) is 4.46. The Balaban J connectivity index is 1.62. The molecule has 0 saturated carbocycles. The van der Waals surface area contributed by atoms with Crippen LogP contribution in [0.15, 0.2) is 53.4 Å². The molecular formula is C19H19Cl2N3O2S. The monoisotopic (exact) mass is 423 g/mol. The lowest BCUT2D eigenvalue weighted by Crippen LogP contribution is -2.30. The van der Waals surface area contributed by atoms with Crippen LogP contribution < -0.4 is 5.32 Å². The Morgan fingerprint density at radius 2 is 2.19 bits per heavy atom. The van der Waals surface area contributed by atoms with Crippen molar-refractivity contribution < 1.29 is 9.90 Å². The topological polar surface area (TPSA) is 65.5 Å². The number of nitrogens with zero attached hydrogens (tertiary/aromatic N) is 2. The summed E-state index contributed by atoms with van der Waals surface area (Å²) in [6.07, 6.45) is 3.17. The van der Waals surface area contributed by atoms with Gasteiger partial charge in [-0.25, -0.2) is 4.98 Å². The van der Waals surface area contributed by atoms with Crippen molar-refractivity contribution in [3.8, 4) is 0 Å². The summed E-state index contributed by atoms with van der Waals surface area (Å²) >= 11 is 13.4. The fraction of sp³-hybridized carbons (Fsp3) is 0.263. The van der Waals surface area contributed by atoms with Gasteiger partial charge in [0.1, 0.15) is 16.8 Å². The van der Waals surface area contributed by atoms with E-state index in [1.165, 1.54) is 11.3 Å². The van der Waals surface area contributed by atoms with Crippen molar-refractivity contribution in [3.63, 3.8) is 0 Å². The minimum absolute atomic E-state index is 0.0836. The average molecular weight is 424 g/mol. The standard InChI is InChI=1S/C19H19Cl2N3O2S/c1-11-17(25)15(16(24(11)2)19-23-8-9-27-19)18(26)22-7-3-4-12-5-6-13(20)14(21)10-12/h5-6,8-10,16,25H,1,3-4,7H2,2H3,(H,22,26). The molecule has 0 radical (unpaired) electrons. The first-order valence-corrected chi connectivity index (χ1v) is 10.0. The third kappa shape index (κ3) is 4.13. The number of carbonyl (C=O) groups excluding carboxylic acids is 1. The Labute approximate surface area is 171 Å². The molecule has 3 rings (SSSR count). The number of nitrogens with one attached hydrogen (secondary N) is 1. The molecule has 1 aromatic heterocycles. The van der Waals surface area contributed by atoms with E-state index in [1.807, 2.05) is 17.5 Å². The van der Waals surface area contributed by atoms with Crippen molar-refractivity contribution >= 4 is 40.4 Å². The highest BCUT2D eigenvalue weighted by molar-refractivity contribution is 7.09. The van der Waals surface area contributed by atoms with E-state index >= 15 is 0 Å². The molecule has 5 nitrogen and oxygen atoms in total. The number of likely N-dealkylation sites (N-methyl/N-ethyl adjacent to an activating group) is 1. The first-order valence-electron chi connectivity index (χ1n) is 8.37. The zero-order valence-corrected chi connectivity index (χ0v) is 17.0. The summed E-state index contributed by atoms with van der Waals surface area (Å²) in [6.45, 7) is 4.32. The normalized spacial score (nSPS) is 16.9. The number of aryl methyl sites for hydroxylation is 1. The second-order valence-corrected chi connectivity index (χ2v) is 7.94. The summed E-state index contributed by atoms with van der Waals surface area (Å²) in [4.78, 5) is 18.8. The van der Waals surface area contributed by atoms with Crippen molar-refractivity contribution in [3.05, 3.63) is 74.0 Å². The van der Waals surface area contributed by atoms with Crippen LogP contribution in [-0.2, 0) is 11.2 Å². The Bertz CT molecular complexity index is 896. The molecule has 1 amide bonds. The number of halogens is 2. The van der Waals surface area contributed by atoms with E-state index in [2.05, 4.69) is 16.9 Å². The number of aromatic nitrogens is 1. The van der Waals surface area contributed by atoms with Gasteiger partial charge >= 0.3 is 0 Å². The molecule has 0 bridgehead atoms. The Morgan fingerprint density at radius 3 is 2.85 bits per heavy atom. The number of carbonyl (C=O) groups is 1. The third-order valence-corrected chi connectivity index (χ3v) is 6.02. The summed E-state index contributed by atoms with van der Waals surface area (Å²) in [5.41, 5.74) is 1.75. The molecule has 0 fully saturated rings. The molecule has 1 aromatic carbocycles. The number of benzene rings is 1. The Morgan fingerprint density at radius 1 is 1.41 bits per heavy atom. The molecule has 1 aliphatic rings. The predicted octanol–water partition coefficient (Wildman–Crippen LogP) is 4.51. The lowest BCUT2D eigenvalue weighted by atomic mass is 10.1. The van der Waals surface area contributed by atoms with Gasteiger partial charge in [0.15, 0.2) is 0 Å². The number of aliphatic hydroxyl groups excluding tert-OH is 1. The SMILES string of the molecule is C=C1C(O)=C(C(=O)NCCCc2ccc(Cl)c(Cl)c2)C(c2nccs2)N1C. The van der Waals surface area contributed by atoms with E-state index in [-0.39, 0.29) is 17.2 Å². The smallest absolute Gasteiger partial charge is 0.253 e. The van der Waals surface area contributed by atoms with Crippen LogP contribution in [0.5, 0.6) is 0 Å². The van der Waals surface area contributed by atoms with Crippen LogP contribution in [0.2, 0.25) is 10.0 Å². The molecule has 0 spiro atoms. The number of rotatable bonds is 6. The number of aliphatic hydroxyl groups is 1. The number of hydrogen-bond acceptors (Lipinski definition) is 5. The minimum atomic E-state index is -0.424. The van der Waals surface area contributed by atoms with Crippen molar-refractivity contribution in [2.24, 2.45) is 0 Å². The summed E-state index contributed by atoms with van der Waals surface area (Å²) in [5.74, 6) is -0.396. The van der Waals surface area contributed by atoms with E-state index in [1.54, 1.807) is 24.2 Å². The summed E-state index contributed by atoms with van der Waals surface area (Å²) in [6, 6.07) is 5.08. The Hall–Kier alpha value is -2.02. The van der Waals surface area contributed by atoms with E-state index in [4.69, 9.17) is 23.2 Å². The van der Waals surface area contributed by atoms with Crippen LogP contribution >= 0.6 is 34.5 Å². The molecule has 0 saturated heterocycles. The van der Waals surface area contributed by atoms with Gasteiger partial charge in [0.2, 0.25) is 0 Å². The molecule has 0 aliphatic carbocycles.